The van der Waals surface area contributed by atoms with Crippen molar-refractivity contribution in [1.29, 1.82) is 0 Å². The lowest BCUT2D eigenvalue weighted by Crippen LogP contribution is -2.45. The van der Waals surface area contributed by atoms with E-state index in [1.54, 1.807) is 0 Å². The minimum Gasteiger partial charge on any atom is -0.466 e. The Morgan fingerprint density at radius 2 is 0.712 bits per heavy atom. The van der Waals surface area contributed by atoms with Gasteiger partial charge >= 0.3 is 5.97 Å². The normalized spacial score (nSPS) is 12.6. The zero-order valence-corrected chi connectivity index (χ0v) is 44.7. The van der Waals surface area contributed by atoms with Gasteiger partial charge in [-0.3, -0.25) is 9.59 Å². The van der Waals surface area contributed by atoms with Crippen molar-refractivity contribution in [2.45, 2.75) is 347 Å². The summed E-state index contributed by atoms with van der Waals surface area (Å²) in [6, 6.07) is -0.553. The highest BCUT2D eigenvalue weighted by molar-refractivity contribution is 5.76. The average Bonchev–Trinajstić information content (AvgIpc) is 3.32. The molecule has 6 heteroatoms. The van der Waals surface area contributed by atoms with E-state index in [1.165, 1.54) is 244 Å². The monoisotopic (exact) mass is 932 g/mol. The molecule has 392 valence electrons. The molecule has 0 aliphatic carbocycles. The van der Waals surface area contributed by atoms with Crippen LogP contribution < -0.4 is 5.32 Å². The number of allylic oxidation sites excluding steroid dienone is 2. The molecule has 0 aliphatic heterocycles. The second kappa shape index (κ2) is 56.2. The highest BCUT2D eigenvalue weighted by Crippen LogP contribution is 2.18. The fourth-order valence-corrected chi connectivity index (χ4v) is 9.46. The van der Waals surface area contributed by atoms with Crippen molar-refractivity contribution in [3.63, 3.8) is 0 Å². The quantitative estimate of drug-likeness (QED) is 0.0321. The van der Waals surface area contributed by atoms with Crippen LogP contribution in [0.15, 0.2) is 12.2 Å². The topological polar surface area (TPSA) is 95.9 Å². The largest absolute Gasteiger partial charge is 0.466 e. The number of rotatable bonds is 56. The van der Waals surface area contributed by atoms with Gasteiger partial charge in [-0.25, -0.2) is 0 Å². The Balaban J connectivity index is 3.44. The molecule has 6 nitrogen and oxygen atoms in total. The number of carbonyl (C=O) groups excluding carboxylic acids is 2. The van der Waals surface area contributed by atoms with Crippen molar-refractivity contribution < 1.29 is 24.5 Å². The van der Waals surface area contributed by atoms with Crippen molar-refractivity contribution in [2.75, 3.05) is 13.2 Å². The predicted octanol–water partition coefficient (Wildman–Crippen LogP) is 18.5. The van der Waals surface area contributed by atoms with Crippen molar-refractivity contribution in [3.05, 3.63) is 12.2 Å². The molecule has 0 aliphatic rings. The van der Waals surface area contributed by atoms with E-state index in [-0.39, 0.29) is 18.5 Å². The summed E-state index contributed by atoms with van der Waals surface area (Å²) >= 11 is 0. The fourth-order valence-electron chi connectivity index (χ4n) is 9.46. The van der Waals surface area contributed by atoms with E-state index in [0.717, 1.165) is 57.8 Å². The van der Waals surface area contributed by atoms with Crippen LogP contribution in [-0.4, -0.2) is 47.4 Å². The lowest BCUT2D eigenvalue weighted by Gasteiger charge is -2.22. The van der Waals surface area contributed by atoms with E-state index in [2.05, 4.69) is 31.3 Å². The van der Waals surface area contributed by atoms with Crippen LogP contribution in [0.2, 0.25) is 0 Å². The van der Waals surface area contributed by atoms with Crippen molar-refractivity contribution in [3.8, 4) is 0 Å². The highest BCUT2D eigenvalue weighted by Gasteiger charge is 2.20. The van der Waals surface area contributed by atoms with E-state index in [0.29, 0.717) is 25.9 Å². The van der Waals surface area contributed by atoms with E-state index in [9.17, 15) is 19.8 Å². The van der Waals surface area contributed by atoms with E-state index >= 15 is 0 Å². The molecule has 0 aromatic carbocycles. The Bertz CT molecular complexity index is 986. The number of aliphatic hydroxyl groups is 2. The number of carbonyl (C=O) groups is 2. The molecule has 2 unspecified atom stereocenters. The molecule has 0 radical (unpaired) electrons. The molecular weight excluding hydrogens is 815 g/mol. The summed E-state index contributed by atoms with van der Waals surface area (Å²) in [6.07, 6.45) is 66.3. The molecule has 0 rings (SSSR count). The second-order valence-corrected chi connectivity index (χ2v) is 20.7. The van der Waals surface area contributed by atoms with E-state index in [1.807, 2.05) is 0 Å². The van der Waals surface area contributed by atoms with Crippen LogP contribution in [0.1, 0.15) is 335 Å². The van der Waals surface area contributed by atoms with Gasteiger partial charge in [0.2, 0.25) is 5.91 Å². The molecule has 2 atom stereocenters. The molecule has 1 amide bonds. The van der Waals surface area contributed by atoms with Crippen LogP contribution in [0, 0.1) is 0 Å². The summed E-state index contributed by atoms with van der Waals surface area (Å²) in [5.41, 5.74) is 0. The van der Waals surface area contributed by atoms with Crippen LogP contribution in [0.5, 0.6) is 0 Å². The zero-order valence-electron chi connectivity index (χ0n) is 44.7. The first kappa shape index (κ1) is 64.6. The van der Waals surface area contributed by atoms with E-state index < -0.39 is 12.1 Å². The summed E-state index contributed by atoms with van der Waals surface area (Å²) in [6.45, 7) is 4.94. The highest BCUT2D eigenvalue weighted by atomic mass is 16.5. The minimum absolute atomic E-state index is 0.0110. The molecule has 66 heavy (non-hydrogen) atoms. The third-order valence-electron chi connectivity index (χ3n) is 14.1. The van der Waals surface area contributed by atoms with Crippen molar-refractivity contribution in [1.82, 2.24) is 5.32 Å². The predicted molar refractivity (Wildman–Crippen MR) is 287 cm³/mol. The number of aliphatic hydroxyl groups excluding tert-OH is 2. The Hall–Kier alpha value is -1.40. The first-order chi connectivity index (χ1) is 32.5. The second-order valence-electron chi connectivity index (χ2n) is 20.7. The molecule has 0 heterocycles. The molecule has 0 bridgehead atoms. The molecule has 0 aromatic heterocycles. The molecule has 0 fully saturated rings. The summed E-state index contributed by atoms with van der Waals surface area (Å²) in [4.78, 5) is 24.6. The fraction of sp³-hybridized carbons (Fsp3) is 0.933. The van der Waals surface area contributed by atoms with Crippen LogP contribution >= 0.6 is 0 Å². The van der Waals surface area contributed by atoms with Gasteiger partial charge in [0, 0.05) is 12.8 Å². The Morgan fingerprint density at radius 1 is 0.409 bits per heavy atom. The number of nitrogens with one attached hydrogen (secondary N) is 1. The van der Waals surface area contributed by atoms with Gasteiger partial charge in [-0.1, -0.05) is 283 Å². The van der Waals surface area contributed by atoms with Gasteiger partial charge in [0.05, 0.1) is 25.4 Å². The Kier molecular flexibility index (Phi) is 55.0. The smallest absolute Gasteiger partial charge is 0.305 e. The molecule has 3 N–H and O–H groups in total. The molecule has 0 saturated heterocycles. The summed E-state index contributed by atoms with van der Waals surface area (Å²) in [7, 11) is 0. The van der Waals surface area contributed by atoms with Gasteiger partial charge in [0.25, 0.3) is 0 Å². The van der Waals surface area contributed by atoms with Gasteiger partial charge in [0.15, 0.2) is 0 Å². The number of esters is 1. The molecule has 0 spiro atoms. The van der Waals surface area contributed by atoms with Crippen molar-refractivity contribution >= 4 is 11.9 Å². The third-order valence-corrected chi connectivity index (χ3v) is 14.1. The standard InChI is InChI=1S/C60H117NO5/c1-3-5-7-9-11-13-15-17-19-21-23-24-26-28-32-36-40-44-48-52-58(63)57(56-62)61-59(64)53-49-45-41-37-33-30-31-35-39-43-47-51-55-66-60(65)54-50-46-42-38-34-29-27-25-22-20-18-16-14-12-10-8-6-4-2/h20,22,57-58,62-63H,3-19,21,23-56H2,1-2H3,(H,61,64)/b22-20-. The summed E-state index contributed by atoms with van der Waals surface area (Å²) < 4.78 is 5.48. The maximum absolute atomic E-state index is 12.5. The lowest BCUT2D eigenvalue weighted by molar-refractivity contribution is -0.143. The minimum atomic E-state index is -0.675. The maximum Gasteiger partial charge on any atom is 0.305 e. The number of amides is 1. The number of ether oxygens (including phenoxy) is 1. The number of hydrogen-bond donors (Lipinski definition) is 3. The summed E-state index contributed by atoms with van der Waals surface area (Å²) in [5.74, 6) is -0.0583. The van der Waals surface area contributed by atoms with Crippen LogP contribution in [0.4, 0.5) is 0 Å². The van der Waals surface area contributed by atoms with Crippen LogP contribution in [-0.2, 0) is 14.3 Å². The Morgan fingerprint density at radius 3 is 1.08 bits per heavy atom. The van der Waals surface area contributed by atoms with Gasteiger partial charge in [-0.05, 0) is 51.4 Å². The average molecular weight is 933 g/mol. The number of unbranched alkanes of at least 4 members (excludes halogenated alkanes) is 43. The van der Waals surface area contributed by atoms with Crippen LogP contribution in [0.3, 0.4) is 0 Å². The molecule has 0 aromatic rings. The first-order valence-corrected chi connectivity index (χ1v) is 29.9. The van der Waals surface area contributed by atoms with Gasteiger partial charge in [-0.2, -0.15) is 0 Å². The SMILES string of the molecule is CCCCCCCCC/C=C\CCCCCCCCCC(=O)OCCCCCCCCCCCCCCC(=O)NC(CO)C(O)CCCCCCCCCCCCCCCCCCCCC. The van der Waals surface area contributed by atoms with Gasteiger partial charge in [-0.15, -0.1) is 0 Å². The first-order valence-electron chi connectivity index (χ1n) is 29.9. The lowest BCUT2D eigenvalue weighted by atomic mass is 10.0. The molecule has 0 saturated carbocycles. The van der Waals surface area contributed by atoms with Gasteiger partial charge < -0.3 is 20.3 Å². The van der Waals surface area contributed by atoms with Crippen LogP contribution in [0.25, 0.3) is 0 Å². The third kappa shape index (κ3) is 52.0. The summed E-state index contributed by atoms with van der Waals surface area (Å²) in [5, 5.41) is 23.3. The number of hydrogen-bond acceptors (Lipinski definition) is 5. The maximum atomic E-state index is 12.5. The zero-order chi connectivity index (χ0) is 47.9. The van der Waals surface area contributed by atoms with Crippen molar-refractivity contribution in [2.24, 2.45) is 0 Å². The Labute approximate surface area is 412 Å². The molecular formula is C60H117NO5. The van der Waals surface area contributed by atoms with E-state index in [4.69, 9.17) is 4.74 Å². The van der Waals surface area contributed by atoms with Gasteiger partial charge in [0.1, 0.15) is 0 Å².